The van der Waals surface area contributed by atoms with Gasteiger partial charge in [-0.2, -0.15) is 13.2 Å². The van der Waals surface area contributed by atoms with Crippen molar-refractivity contribution in [3.05, 3.63) is 24.0 Å². The SMILES string of the molecule is NC(CCl)=Nc1cc(F)ccc1OCC(F)(F)F. The highest BCUT2D eigenvalue weighted by Crippen LogP contribution is 2.30. The molecule has 18 heavy (non-hydrogen) atoms. The van der Waals surface area contributed by atoms with E-state index in [4.69, 9.17) is 17.3 Å². The van der Waals surface area contributed by atoms with E-state index in [0.29, 0.717) is 0 Å². The number of benzene rings is 1. The van der Waals surface area contributed by atoms with Crippen molar-refractivity contribution in [1.82, 2.24) is 0 Å². The van der Waals surface area contributed by atoms with Crippen LogP contribution in [0.15, 0.2) is 23.2 Å². The van der Waals surface area contributed by atoms with Crippen LogP contribution in [0, 0.1) is 5.82 Å². The number of hydrogen-bond donors (Lipinski definition) is 1. The summed E-state index contributed by atoms with van der Waals surface area (Å²) in [7, 11) is 0. The van der Waals surface area contributed by atoms with Crippen molar-refractivity contribution >= 4 is 23.1 Å². The van der Waals surface area contributed by atoms with Crippen LogP contribution < -0.4 is 10.5 Å². The van der Waals surface area contributed by atoms with Gasteiger partial charge in [-0.15, -0.1) is 11.6 Å². The minimum absolute atomic E-state index is 0.0564. The molecule has 0 aliphatic heterocycles. The molecular formula is C10H9ClF4N2O. The van der Waals surface area contributed by atoms with Gasteiger partial charge in [-0.1, -0.05) is 0 Å². The maximum atomic E-state index is 13.0. The van der Waals surface area contributed by atoms with Gasteiger partial charge in [-0.05, 0) is 12.1 Å². The average Bonchev–Trinajstić information content (AvgIpc) is 2.26. The fourth-order valence-corrected chi connectivity index (χ4v) is 1.10. The lowest BCUT2D eigenvalue weighted by atomic mass is 10.3. The summed E-state index contributed by atoms with van der Waals surface area (Å²) >= 11 is 5.37. The number of alkyl halides is 4. The highest BCUT2D eigenvalue weighted by molar-refractivity contribution is 6.28. The lowest BCUT2D eigenvalue weighted by Crippen LogP contribution is -2.19. The van der Waals surface area contributed by atoms with Gasteiger partial charge in [0.05, 0.1) is 5.88 Å². The predicted octanol–water partition coefficient (Wildman–Crippen LogP) is 2.99. The molecule has 0 spiro atoms. The van der Waals surface area contributed by atoms with Gasteiger partial charge in [-0.25, -0.2) is 9.38 Å². The minimum atomic E-state index is -4.49. The number of hydrogen-bond acceptors (Lipinski definition) is 2. The van der Waals surface area contributed by atoms with Gasteiger partial charge in [0.25, 0.3) is 0 Å². The summed E-state index contributed by atoms with van der Waals surface area (Å²) in [6, 6.07) is 2.91. The standard InChI is InChI=1S/C10H9ClF4N2O/c11-4-9(16)17-7-3-6(12)1-2-8(7)18-5-10(13,14)15/h1-3H,4-5H2,(H2,16,17). The van der Waals surface area contributed by atoms with E-state index in [0.717, 1.165) is 18.2 Å². The van der Waals surface area contributed by atoms with E-state index in [1.807, 2.05) is 0 Å². The molecule has 3 nitrogen and oxygen atoms in total. The smallest absolute Gasteiger partial charge is 0.422 e. The van der Waals surface area contributed by atoms with E-state index in [9.17, 15) is 17.6 Å². The Hall–Kier alpha value is -1.50. The third kappa shape index (κ3) is 4.79. The summed E-state index contributed by atoms with van der Waals surface area (Å²) in [4.78, 5) is 3.67. The summed E-state index contributed by atoms with van der Waals surface area (Å²) in [6.45, 7) is -1.50. The Labute approximate surface area is 105 Å². The third-order valence-electron chi connectivity index (χ3n) is 1.71. The molecule has 1 aromatic carbocycles. The molecule has 0 bridgehead atoms. The molecular weight excluding hydrogens is 276 g/mol. The lowest BCUT2D eigenvalue weighted by molar-refractivity contribution is -0.153. The number of halogens is 5. The van der Waals surface area contributed by atoms with Crippen molar-refractivity contribution < 1.29 is 22.3 Å². The second-order valence-electron chi connectivity index (χ2n) is 3.25. The Morgan fingerprint density at radius 3 is 2.61 bits per heavy atom. The maximum absolute atomic E-state index is 13.0. The summed E-state index contributed by atoms with van der Waals surface area (Å²) in [6.07, 6.45) is -4.49. The Kier molecular flexibility index (Phi) is 4.77. The molecule has 0 atom stereocenters. The van der Waals surface area contributed by atoms with Crippen molar-refractivity contribution in [3.63, 3.8) is 0 Å². The van der Waals surface area contributed by atoms with Gasteiger partial charge in [0.1, 0.15) is 23.1 Å². The molecule has 100 valence electrons. The lowest BCUT2D eigenvalue weighted by Gasteiger charge is -2.11. The van der Waals surface area contributed by atoms with Crippen molar-refractivity contribution in [3.8, 4) is 5.75 Å². The molecule has 0 radical (unpaired) electrons. The summed E-state index contributed by atoms with van der Waals surface area (Å²) in [5.74, 6) is -1.08. The van der Waals surface area contributed by atoms with E-state index in [-0.39, 0.29) is 23.2 Å². The zero-order chi connectivity index (χ0) is 13.8. The molecule has 0 unspecified atom stereocenters. The van der Waals surface area contributed by atoms with Gasteiger partial charge in [0.2, 0.25) is 0 Å². The molecule has 1 aromatic rings. The number of nitrogens with two attached hydrogens (primary N) is 1. The molecule has 8 heteroatoms. The summed E-state index contributed by atoms with van der Waals surface area (Å²) in [5.41, 5.74) is 5.18. The zero-order valence-electron chi connectivity index (χ0n) is 8.97. The Bertz CT molecular complexity index is 448. The van der Waals surface area contributed by atoms with Crippen LogP contribution in [0.25, 0.3) is 0 Å². The molecule has 0 aromatic heterocycles. The molecule has 2 N–H and O–H groups in total. The van der Waals surface area contributed by atoms with Crippen LogP contribution in [0.3, 0.4) is 0 Å². The number of amidine groups is 1. The van der Waals surface area contributed by atoms with Crippen LogP contribution in [0.2, 0.25) is 0 Å². The average molecular weight is 285 g/mol. The minimum Gasteiger partial charge on any atom is -0.482 e. The van der Waals surface area contributed by atoms with Crippen molar-refractivity contribution in [2.45, 2.75) is 6.18 Å². The second kappa shape index (κ2) is 5.90. The van der Waals surface area contributed by atoms with Gasteiger partial charge in [0, 0.05) is 6.07 Å². The molecule has 0 amide bonds. The fourth-order valence-electron chi connectivity index (χ4n) is 1.04. The molecule has 0 saturated heterocycles. The Morgan fingerprint density at radius 1 is 1.39 bits per heavy atom. The van der Waals surface area contributed by atoms with Crippen molar-refractivity contribution in [2.24, 2.45) is 10.7 Å². The molecule has 0 aliphatic rings. The molecule has 0 heterocycles. The number of aliphatic imine (C=N–C) groups is 1. The third-order valence-corrected chi connectivity index (χ3v) is 1.99. The van der Waals surface area contributed by atoms with Gasteiger partial charge < -0.3 is 10.5 Å². The fraction of sp³-hybridized carbons (Fsp3) is 0.300. The first-order valence-electron chi connectivity index (χ1n) is 4.70. The number of ether oxygens (including phenoxy) is 1. The highest BCUT2D eigenvalue weighted by atomic mass is 35.5. The van der Waals surface area contributed by atoms with E-state index in [1.54, 1.807) is 0 Å². The topological polar surface area (TPSA) is 47.6 Å². The summed E-state index contributed by atoms with van der Waals surface area (Å²) < 4.78 is 53.5. The largest absolute Gasteiger partial charge is 0.482 e. The first-order chi connectivity index (χ1) is 8.31. The Balaban J connectivity index is 2.97. The van der Waals surface area contributed by atoms with Crippen LogP contribution in [0.4, 0.5) is 23.2 Å². The maximum Gasteiger partial charge on any atom is 0.422 e. The molecule has 1 rings (SSSR count). The first kappa shape index (κ1) is 14.6. The predicted molar refractivity (Wildman–Crippen MR) is 60.0 cm³/mol. The van der Waals surface area contributed by atoms with Gasteiger partial charge in [0.15, 0.2) is 6.61 Å². The van der Waals surface area contributed by atoms with Crippen molar-refractivity contribution in [1.29, 1.82) is 0 Å². The van der Waals surface area contributed by atoms with Crippen LogP contribution in [0.1, 0.15) is 0 Å². The second-order valence-corrected chi connectivity index (χ2v) is 3.52. The van der Waals surface area contributed by atoms with E-state index >= 15 is 0 Å². The molecule has 0 saturated carbocycles. The Morgan fingerprint density at radius 2 is 2.06 bits per heavy atom. The van der Waals surface area contributed by atoms with Crippen LogP contribution in [-0.2, 0) is 0 Å². The van der Waals surface area contributed by atoms with Crippen LogP contribution in [-0.4, -0.2) is 24.5 Å². The van der Waals surface area contributed by atoms with Gasteiger partial charge >= 0.3 is 6.18 Å². The van der Waals surface area contributed by atoms with Crippen LogP contribution in [0.5, 0.6) is 5.75 Å². The first-order valence-corrected chi connectivity index (χ1v) is 5.23. The van der Waals surface area contributed by atoms with E-state index in [2.05, 4.69) is 9.73 Å². The molecule has 0 aliphatic carbocycles. The number of rotatable bonds is 4. The van der Waals surface area contributed by atoms with Gasteiger partial charge in [-0.3, -0.25) is 0 Å². The van der Waals surface area contributed by atoms with Crippen LogP contribution >= 0.6 is 11.6 Å². The highest BCUT2D eigenvalue weighted by Gasteiger charge is 2.28. The summed E-state index contributed by atoms with van der Waals surface area (Å²) in [5, 5.41) is 0. The number of nitrogens with zero attached hydrogens (tertiary/aromatic N) is 1. The van der Waals surface area contributed by atoms with E-state index < -0.39 is 18.6 Å². The molecule has 0 fully saturated rings. The van der Waals surface area contributed by atoms with E-state index in [1.165, 1.54) is 0 Å². The normalized spacial score (nSPS) is 12.6. The monoisotopic (exact) mass is 284 g/mol. The quantitative estimate of drug-likeness (QED) is 0.400. The van der Waals surface area contributed by atoms with Crippen molar-refractivity contribution in [2.75, 3.05) is 12.5 Å². The zero-order valence-corrected chi connectivity index (χ0v) is 9.72.